The number of hydrogen-bond donors (Lipinski definition) is 2. The number of benzene rings is 1. The molecule has 0 aromatic heterocycles. The minimum Gasteiger partial charge on any atom is -0.444 e. The van der Waals surface area contributed by atoms with Crippen molar-refractivity contribution in [1.29, 1.82) is 0 Å². The molecule has 0 radical (unpaired) electrons. The first-order valence-electron chi connectivity index (χ1n) is 7.65. The second-order valence-corrected chi connectivity index (χ2v) is 6.75. The summed E-state index contributed by atoms with van der Waals surface area (Å²) in [5.41, 5.74) is 0.912. The van der Waals surface area contributed by atoms with Gasteiger partial charge in [0.05, 0.1) is 0 Å². The van der Waals surface area contributed by atoms with Crippen LogP contribution in [0.3, 0.4) is 0 Å². The van der Waals surface area contributed by atoms with Gasteiger partial charge in [-0.3, -0.25) is 0 Å². The largest absolute Gasteiger partial charge is 0.444 e. The van der Waals surface area contributed by atoms with E-state index in [2.05, 4.69) is 34.9 Å². The Balaban J connectivity index is 1.81. The third kappa shape index (κ3) is 5.38. The molecule has 0 spiro atoms. The average molecular weight is 290 g/mol. The summed E-state index contributed by atoms with van der Waals surface area (Å²) in [5.74, 6) is 1.01. The quantitative estimate of drug-likeness (QED) is 0.896. The lowest BCUT2D eigenvalue weighted by atomic mass is 9.89. The number of nitrogens with one attached hydrogen (secondary N) is 2. The molecule has 2 rings (SSSR count). The maximum atomic E-state index is 11.7. The summed E-state index contributed by atoms with van der Waals surface area (Å²) >= 11 is 0. The molecule has 0 saturated carbocycles. The summed E-state index contributed by atoms with van der Waals surface area (Å²) in [5, 5.41) is 6.32. The second-order valence-electron chi connectivity index (χ2n) is 6.75. The number of rotatable bonds is 4. The van der Waals surface area contributed by atoms with Crippen molar-refractivity contribution < 1.29 is 9.53 Å². The topological polar surface area (TPSA) is 50.4 Å². The van der Waals surface area contributed by atoms with Crippen LogP contribution in [0.25, 0.3) is 0 Å². The van der Waals surface area contributed by atoms with Crippen LogP contribution in [-0.4, -0.2) is 31.3 Å². The van der Waals surface area contributed by atoms with Gasteiger partial charge in [0.2, 0.25) is 0 Å². The molecule has 2 unspecified atom stereocenters. The Morgan fingerprint density at radius 3 is 2.57 bits per heavy atom. The third-order valence-corrected chi connectivity index (χ3v) is 3.73. The smallest absolute Gasteiger partial charge is 0.407 e. The molecule has 1 fully saturated rings. The van der Waals surface area contributed by atoms with Gasteiger partial charge in [-0.2, -0.15) is 0 Å². The molecular weight excluding hydrogens is 264 g/mol. The van der Waals surface area contributed by atoms with Crippen molar-refractivity contribution in [3.8, 4) is 0 Å². The van der Waals surface area contributed by atoms with Crippen molar-refractivity contribution in [2.75, 3.05) is 19.6 Å². The molecular formula is C17H26N2O2. The minimum atomic E-state index is -0.443. The van der Waals surface area contributed by atoms with Crippen LogP contribution in [0.2, 0.25) is 0 Å². The predicted octanol–water partition coefficient (Wildman–Crippen LogP) is 2.59. The Hall–Kier alpha value is -1.55. The highest BCUT2D eigenvalue weighted by molar-refractivity contribution is 5.67. The summed E-state index contributed by atoms with van der Waals surface area (Å²) in [6.07, 6.45) is 0.724. The Morgan fingerprint density at radius 2 is 1.90 bits per heavy atom. The molecule has 1 aromatic carbocycles. The summed E-state index contributed by atoms with van der Waals surface area (Å²) in [6, 6.07) is 10.5. The van der Waals surface area contributed by atoms with Crippen LogP contribution >= 0.6 is 0 Å². The van der Waals surface area contributed by atoms with E-state index in [1.165, 1.54) is 5.56 Å². The van der Waals surface area contributed by atoms with Crippen molar-refractivity contribution in [3.05, 3.63) is 35.9 Å². The predicted molar refractivity (Wildman–Crippen MR) is 84.2 cm³/mol. The van der Waals surface area contributed by atoms with Crippen LogP contribution in [-0.2, 0) is 11.2 Å². The van der Waals surface area contributed by atoms with Crippen molar-refractivity contribution in [1.82, 2.24) is 10.6 Å². The molecule has 4 heteroatoms. The van der Waals surface area contributed by atoms with E-state index in [0.717, 1.165) is 19.5 Å². The molecule has 1 saturated heterocycles. The van der Waals surface area contributed by atoms with Gasteiger partial charge < -0.3 is 15.4 Å². The number of amides is 1. The van der Waals surface area contributed by atoms with Crippen molar-refractivity contribution in [2.45, 2.75) is 32.8 Å². The normalized spacial score (nSPS) is 22.0. The fourth-order valence-electron chi connectivity index (χ4n) is 2.71. The average Bonchev–Trinajstić information content (AvgIpc) is 2.83. The molecule has 1 amide bonds. The third-order valence-electron chi connectivity index (χ3n) is 3.73. The van der Waals surface area contributed by atoms with E-state index in [-0.39, 0.29) is 6.09 Å². The molecule has 0 aliphatic carbocycles. The van der Waals surface area contributed by atoms with Gasteiger partial charge in [-0.25, -0.2) is 4.79 Å². The fraction of sp³-hybridized carbons (Fsp3) is 0.588. The molecule has 1 aliphatic heterocycles. The first kappa shape index (κ1) is 15.8. The SMILES string of the molecule is CC(C)(C)OC(=O)NCC1CNCC1Cc1ccccc1. The van der Waals surface area contributed by atoms with Crippen LogP contribution in [0.1, 0.15) is 26.3 Å². The molecule has 116 valence electrons. The van der Waals surface area contributed by atoms with Gasteiger partial charge >= 0.3 is 6.09 Å². The molecule has 21 heavy (non-hydrogen) atoms. The summed E-state index contributed by atoms with van der Waals surface area (Å²) < 4.78 is 5.28. The number of alkyl carbamates (subject to hydrolysis) is 1. The van der Waals surface area contributed by atoms with Gasteiger partial charge in [0, 0.05) is 6.54 Å². The van der Waals surface area contributed by atoms with Crippen molar-refractivity contribution >= 4 is 6.09 Å². The summed E-state index contributed by atoms with van der Waals surface area (Å²) in [4.78, 5) is 11.7. The van der Waals surface area contributed by atoms with Crippen LogP contribution in [0.5, 0.6) is 0 Å². The first-order valence-corrected chi connectivity index (χ1v) is 7.65. The van der Waals surface area contributed by atoms with E-state index in [9.17, 15) is 4.79 Å². The minimum absolute atomic E-state index is 0.326. The van der Waals surface area contributed by atoms with E-state index in [1.54, 1.807) is 0 Å². The molecule has 4 nitrogen and oxygen atoms in total. The standard InChI is InChI=1S/C17H26N2O2/c1-17(2,3)21-16(20)19-12-15-11-18-10-14(15)9-13-7-5-4-6-8-13/h4-8,14-15,18H,9-12H2,1-3H3,(H,19,20). The number of carbonyl (C=O) groups is 1. The number of hydrogen-bond acceptors (Lipinski definition) is 3. The fourth-order valence-corrected chi connectivity index (χ4v) is 2.71. The first-order chi connectivity index (χ1) is 9.94. The molecule has 1 heterocycles. The van der Waals surface area contributed by atoms with Gasteiger partial charge in [-0.1, -0.05) is 30.3 Å². The maximum Gasteiger partial charge on any atom is 0.407 e. The number of ether oxygens (including phenoxy) is 1. The number of carbonyl (C=O) groups excluding carboxylic acids is 1. The molecule has 2 atom stereocenters. The van der Waals surface area contributed by atoms with Crippen LogP contribution in [0, 0.1) is 11.8 Å². The van der Waals surface area contributed by atoms with Gasteiger partial charge in [-0.15, -0.1) is 0 Å². The van der Waals surface area contributed by atoms with E-state index >= 15 is 0 Å². The lowest BCUT2D eigenvalue weighted by Gasteiger charge is -2.22. The van der Waals surface area contributed by atoms with E-state index in [4.69, 9.17) is 4.74 Å². The van der Waals surface area contributed by atoms with Crippen LogP contribution in [0.15, 0.2) is 30.3 Å². The Bertz CT molecular complexity index is 454. The summed E-state index contributed by atoms with van der Waals surface area (Å²) in [6.45, 7) is 8.26. The van der Waals surface area contributed by atoms with E-state index in [0.29, 0.717) is 18.4 Å². The van der Waals surface area contributed by atoms with Gasteiger partial charge in [0.1, 0.15) is 5.60 Å². The van der Waals surface area contributed by atoms with Crippen LogP contribution < -0.4 is 10.6 Å². The molecule has 1 aliphatic rings. The highest BCUT2D eigenvalue weighted by atomic mass is 16.6. The molecule has 1 aromatic rings. The Kier molecular flexibility index (Phi) is 5.23. The molecule has 0 bridgehead atoms. The zero-order valence-corrected chi connectivity index (χ0v) is 13.2. The molecule has 2 N–H and O–H groups in total. The summed E-state index contributed by atoms with van der Waals surface area (Å²) in [7, 11) is 0. The highest BCUT2D eigenvalue weighted by Gasteiger charge is 2.28. The zero-order chi connectivity index (χ0) is 15.3. The Labute approximate surface area is 127 Å². The lowest BCUT2D eigenvalue weighted by Crippen LogP contribution is -2.37. The second kappa shape index (κ2) is 6.94. The van der Waals surface area contributed by atoms with Gasteiger partial charge in [-0.05, 0) is 57.7 Å². The van der Waals surface area contributed by atoms with Gasteiger partial charge in [0.15, 0.2) is 0 Å². The van der Waals surface area contributed by atoms with Crippen molar-refractivity contribution in [2.24, 2.45) is 11.8 Å². The highest BCUT2D eigenvalue weighted by Crippen LogP contribution is 2.21. The van der Waals surface area contributed by atoms with Crippen molar-refractivity contribution in [3.63, 3.8) is 0 Å². The zero-order valence-electron chi connectivity index (χ0n) is 13.2. The van der Waals surface area contributed by atoms with Crippen LogP contribution in [0.4, 0.5) is 4.79 Å². The Morgan fingerprint density at radius 1 is 1.24 bits per heavy atom. The maximum absolute atomic E-state index is 11.7. The van der Waals surface area contributed by atoms with E-state index < -0.39 is 5.60 Å². The lowest BCUT2D eigenvalue weighted by molar-refractivity contribution is 0.0517. The van der Waals surface area contributed by atoms with E-state index in [1.807, 2.05) is 26.8 Å². The van der Waals surface area contributed by atoms with Gasteiger partial charge in [0.25, 0.3) is 0 Å². The monoisotopic (exact) mass is 290 g/mol.